The molecule has 4 N–H and O–H groups in total. The summed E-state index contributed by atoms with van der Waals surface area (Å²) in [6.45, 7) is 1.28. The van der Waals surface area contributed by atoms with Crippen LogP contribution in [-0.2, 0) is 4.52 Å². The Morgan fingerprint density at radius 2 is 2.14 bits per heavy atom. The van der Waals surface area contributed by atoms with E-state index in [1.165, 1.54) is 13.8 Å². The van der Waals surface area contributed by atoms with Crippen molar-refractivity contribution in [2.75, 3.05) is 19.5 Å². The molecule has 3 rings (SSSR count). The Kier molecular flexibility index (Phi) is 3.73. The molecule has 0 aromatic carbocycles. The lowest BCUT2D eigenvalue weighted by Crippen LogP contribution is -2.12. The molecule has 0 saturated heterocycles. The average Bonchev–Trinajstić information content (AvgIpc) is 3.02. The van der Waals surface area contributed by atoms with Crippen LogP contribution in [0.25, 0.3) is 11.2 Å². The van der Waals surface area contributed by atoms with Crippen LogP contribution in [0.1, 0.15) is 12.5 Å². The van der Waals surface area contributed by atoms with Crippen LogP contribution >= 0.6 is 7.94 Å². The monoisotopic (exact) mass is 326 g/mol. The number of imidazole rings is 1. The minimum atomic E-state index is -3.28. The van der Waals surface area contributed by atoms with Crippen LogP contribution in [0.4, 0.5) is 5.95 Å². The van der Waals surface area contributed by atoms with Gasteiger partial charge in [-0.15, -0.1) is 0 Å². The highest BCUT2D eigenvalue weighted by molar-refractivity contribution is 7.58. The van der Waals surface area contributed by atoms with Crippen molar-refractivity contribution < 1.29 is 19.0 Å². The molecule has 1 aliphatic rings. The van der Waals surface area contributed by atoms with Gasteiger partial charge in [-0.05, 0) is 0 Å². The fraction of sp³-hybridized carbons (Fsp3) is 0.417. The summed E-state index contributed by atoms with van der Waals surface area (Å²) < 4.78 is 12.2. The SMILES string of the molecule is COc1nc(N)nc2c1ncn2[C@H]1C=C[C@@H](O[P+](C)(O)O)C1. The van der Waals surface area contributed by atoms with Crippen LogP contribution in [0.15, 0.2) is 18.5 Å². The van der Waals surface area contributed by atoms with E-state index in [0.29, 0.717) is 23.5 Å². The fourth-order valence-corrected chi connectivity index (χ4v) is 3.15. The van der Waals surface area contributed by atoms with Gasteiger partial charge in [0.15, 0.2) is 11.2 Å². The van der Waals surface area contributed by atoms with Gasteiger partial charge in [0.05, 0.1) is 19.5 Å². The minimum Gasteiger partial charge on any atom is -0.479 e. The predicted octanol–water partition coefficient (Wildman–Crippen LogP) is 0.680. The Bertz CT molecular complexity index is 726. The zero-order valence-electron chi connectivity index (χ0n) is 12.1. The van der Waals surface area contributed by atoms with E-state index in [1.54, 1.807) is 12.4 Å². The highest BCUT2D eigenvalue weighted by atomic mass is 31.2. The van der Waals surface area contributed by atoms with Crippen molar-refractivity contribution in [1.82, 2.24) is 19.5 Å². The number of rotatable bonds is 4. The number of methoxy groups -OCH3 is 1. The van der Waals surface area contributed by atoms with Gasteiger partial charge in [-0.1, -0.05) is 12.2 Å². The molecule has 2 aromatic rings. The van der Waals surface area contributed by atoms with Crippen LogP contribution in [0.2, 0.25) is 0 Å². The molecule has 1 aliphatic carbocycles. The Hall–Kier alpha value is -1.80. The summed E-state index contributed by atoms with van der Waals surface area (Å²) in [5, 5.41) is 0. The number of ether oxygens (including phenoxy) is 1. The molecule has 118 valence electrons. The summed E-state index contributed by atoms with van der Waals surface area (Å²) in [5.41, 5.74) is 6.77. The number of allylic oxidation sites excluding steroid dienone is 1. The largest absolute Gasteiger partial charge is 0.479 e. The summed E-state index contributed by atoms with van der Waals surface area (Å²) in [7, 11) is -1.79. The summed E-state index contributed by atoms with van der Waals surface area (Å²) in [6.07, 6.45) is 5.52. The Balaban J connectivity index is 1.89. The number of nitrogens with two attached hydrogens (primary N) is 1. The molecule has 9 nitrogen and oxygen atoms in total. The smallest absolute Gasteiger partial charge is 0.403 e. The number of hydrogen-bond acceptors (Lipinski definition) is 8. The lowest BCUT2D eigenvalue weighted by atomic mass is 10.2. The van der Waals surface area contributed by atoms with Gasteiger partial charge in [-0.25, -0.2) is 4.98 Å². The van der Waals surface area contributed by atoms with Gasteiger partial charge in [0.25, 0.3) is 0 Å². The summed E-state index contributed by atoms with van der Waals surface area (Å²) in [5.74, 6) is 0.422. The van der Waals surface area contributed by atoms with E-state index < -0.39 is 7.94 Å². The Morgan fingerprint density at radius 3 is 2.82 bits per heavy atom. The molecule has 0 aliphatic heterocycles. The zero-order chi connectivity index (χ0) is 15.9. The molecular weight excluding hydrogens is 309 g/mol. The first-order chi connectivity index (χ1) is 10.4. The molecule has 0 fully saturated rings. The van der Waals surface area contributed by atoms with Crippen molar-refractivity contribution in [2.45, 2.75) is 18.6 Å². The number of nitrogen functional groups attached to an aromatic ring is 1. The average molecular weight is 326 g/mol. The molecule has 0 spiro atoms. The summed E-state index contributed by atoms with van der Waals surface area (Å²) in [4.78, 5) is 31.3. The van der Waals surface area contributed by atoms with E-state index in [9.17, 15) is 9.79 Å². The van der Waals surface area contributed by atoms with Crippen LogP contribution in [0.3, 0.4) is 0 Å². The molecule has 0 amide bonds. The molecule has 0 saturated carbocycles. The van der Waals surface area contributed by atoms with Crippen molar-refractivity contribution in [1.29, 1.82) is 0 Å². The van der Waals surface area contributed by atoms with E-state index in [-0.39, 0.29) is 18.1 Å². The second-order valence-electron chi connectivity index (χ2n) is 5.08. The van der Waals surface area contributed by atoms with E-state index >= 15 is 0 Å². The first-order valence-electron chi connectivity index (χ1n) is 6.60. The number of nitrogens with zero attached hydrogens (tertiary/aromatic N) is 4. The zero-order valence-corrected chi connectivity index (χ0v) is 13.0. The highest BCUT2D eigenvalue weighted by Crippen LogP contribution is 2.49. The summed E-state index contributed by atoms with van der Waals surface area (Å²) in [6, 6.07) is -0.0689. The third-order valence-corrected chi connectivity index (χ3v) is 3.98. The lowest BCUT2D eigenvalue weighted by molar-refractivity contribution is 0.182. The highest BCUT2D eigenvalue weighted by Gasteiger charge is 2.35. The van der Waals surface area contributed by atoms with Gasteiger partial charge in [0.2, 0.25) is 11.8 Å². The number of hydrogen-bond donors (Lipinski definition) is 3. The van der Waals surface area contributed by atoms with Gasteiger partial charge >= 0.3 is 7.94 Å². The molecule has 2 atom stereocenters. The van der Waals surface area contributed by atoms with Crippen LogP contribution in [0.5, 0.6) is 5.88 Å². The second-order valence-corrected chi connectivity index (χ2v) is 6.96. The van der Waals surface area contributed by atoms with Crippen LogP contribution in [-0.4, -0.2) is 49.2 Å². The molecular formula is C12H17N5O4P+. The maximum Gasteiger partial charge on any atom is 0.403 e. The molecule has 10 heteroatoms. The first kappa shape index (κ1) is 15.1. The first-order valence-corrected chi connectivity index (χ1v) is 8.66. The number of aromatic nitrogens is 4. The molecule has 22 heavy (non-hydrogen) atoms. The van der Waals surface area contributed by atoms with Gasteiger partial charge in [0, 0.05) is 6.42 Å². The minimum absolute atomic E-state index is 0.0689. The molecule has 0 bridgehead atoms. The van der Waals surface area contributed by atoms with E-state index in [0.717, 1.165) is 0 Å². The van der Waals surface area contributed by atoms with E-state index in [4.69, 9.17) is 15.0 Å². The third-order valence-electron chi connectivity index (χ3n) is 3.31. The van der Waals surface area contributed by atoms with Gasteiger partial charge in [-0.2, -0.15) is 24.3 Å². The molecule has 0 unspecified atom stereocenters. The second kappa shape index (κ2) is 5.44. The maximum absolute atomic E-state index is 9.41. The van der Waals surface area contributed by atoms with Gasteiger partial charge < -0.3 is 15.0 Å². The normalized spacial score (nSPS) is 21.6. The third kappa shape index (κ3) is 2.89. The van der Waals surface area contributed by atoms with Crippen molar-refractivity contribution in [2.24, 2.45) is 0 Å². The number of fused-ring (bicyclic) bond motifs is 1. The Labute approximate surface area is 127 Å². The van der Waals surface area contributed by atoms with E-state index in [1.807, 2.05) is 10.6 Å². The standard InChI is InChI=1S/C12H17N5O4P/c1-20-11-9-10(15-12(13)16-11)17(6-14-9)7-3-4-8(5-7)21-22(2,18)19/h3-4,6-8,18-19H,5H2,1-2H3,(H2,13,15,16)/q+1/t7-,8+/m0/s1. The number of anilines is 1. The van der Waals surface area contributed by atoms with Crippen molar-refractivity contribution in [3.05, 3.63) is 18.5 Å². The van der Waals surface area contributed by atoms with Gasteiger partial charge in [-0.3, -0.25) is 0 Å². The molecule has 0 radical (unpaired) electrons. The van der Waals surface area contributed by atoms with E-state index in [2.05, 4.69) is 15.0 Å². The predicted molar refractivity (Wildman–Crippen MR) is 81.2 cm³/mol. The topological polar surface area (TPSA) is 129 Å². The quantitative estimate of drug-likeness (QED) is 0.552. The van der Waals surface area contributed by atoms with Crippen molar-refractivity contribution in [3.8, 4) is 5.88 Å². The Morgan fingerprint density at radius 1 is 1.36 bits per heavy atom. The molecule has 2 heterocycles. The molecule has 2 aromatic heterocycles. The maximum atomic E-state index is 9.41. The fourth-order valence-electron chi connectivity index (χ4n) is 2.48. The summed E-state index contributed by atoms with van der Waals surface area (Å²) >= 11 is 0. The van der Waals surface area contributed by atoms with Crippen molar-refractivity contribution >= 4 is 25.1 Å². The van der Waals surface area contributed by atoms with Crippen LogP contribution in [0, 0.1) is 0 Å². The lowest BCUT2D eigenvalue weighted by Gasteiger charge is -2.14. The van der Waals surface area contributed by atoms with Crippen molar-refractivity contribution in [3.63, 3.8) is 0 Å². The van der Waals surface area contributed by atoms with Gasteiger partial charge in [0.1, 0.15) is 12.8 Å². The van der Waals surface area contributed by atoms with Crippen LogP contribution < -0.4 is 10.5 Å².